The van der Waals surface area contributed by atoms with E-state index in [4.69, 9.17) is 4.84 Å². The lowest BCUT2D eigenvalue weighted by Gasteiger charge is -2.13. The van der Waals surface area contributed by atoms with Crippen molar-refractivity contribution in [3.05, 3.63) is 48.6 Å². The first-order valence-electron chi connectivity index (χ1n) is 6.40. The molecule has 0 aliphatic carbocycles. The fraction of sp³-hybridized carbons (Fsp3) is 0.375. The van der Waals surface area contributed by atoms with Gasteiger partial charge in [-0.3, -0.25) is 0 Å². The molecule has 0 radical (unpaired) electrons. The average molecular weight is 259 g/mol. The van der Waals surface area contributed by atoms with E-state index in [9.17, 15) is 4.79 Å². The quantitative estimate of drug-likeness (QED) is 0.347. The van der Waals surface area contributed by atoms with E-state index in [0.717, 1.165) is 17.7 Å². The Morgan fingerprint density at radius 3 is 2.47 bits per heavy atom. The normalized spacial score (nSPS) is 12.1. The first-order valence-corrected chi connectivity index (χ1v) is 6.40. The standard InChI is InChI=1S/C16H21NO2/c1-5-6-12-14(13-10-8-7-9-11-13)17-19-15(18)16(2,3)4/h5,7-11H,1,6,12H2,2-4H3. The van der Waals surface area contributed by atoms with Crippen LogP contribution in [0.4, 0.5) is 0 Å². The van der Waals surface area contributed by atoms with Gasteiger partial charge in [0.1, 0.15) is 0 Å². The van der Waals surface area contributed by atoms with Gasteiger partial charge < -0.3 is 4.84 Å². The Morgan fingerprint density at radius 1 is 1.32 bits per heavy atom. The monoisotopic (exact) mass is 259 g/mol. The van der Waals surface area contributed by atoms with Crippen LogP contribution in [0.25, 0.3) is 0 Å². The summed E-state index contributed by atoms with van der Waals surface area (Å²) in [5.41, 5.74) is 1.17. The molecule has 1 aromatic carbocycles. The molecule has 0 saturated heterocycles. The Labute approximate surface area is 115 Å². The van der Waals surface area contributed by atoms with E-state index in [1.165, 1.54) is 0 Å². The van der Waals surface area contributed by atoms with Crippen molar-refractivity contribution in [3.63, 3.8) is 0 Å². The van der Waals surface area contributed by atoms with E-state index in [1.54, 1.807) is 20.8 Å². The van der Waals surface area contributed by atoms with Crippen LogP contribution in [-0.4, -0.2) is 11.7 Å². The molecule has 0 bridgehead atoms. The number of oxime groups is 1. The zero-order valence-electron chi connectivity index (χ0n) is 11.8. The van der Waals surface area contributed by atoms with Gasteiger partial charge in [0, 0.05) is 0 Å². The van der Waals surface area contributed by atoms with Gasteiger partial charge in [-0.25, -0.2) is 4.79 Å². The minimum absolute atomic E-state index is 0.334. The van der Waals surface area contributed by atoms with Crippen LogP contribution in [-0.2, 0) is 9.63 Å². The highest BCUT2D eigenvalue weighted by Gasteiger charge is 2.23. The number of carbonyl (C=O) groups is 1. The summed E-state index contributed by atoms with van der Waals surface area (Å²) < 4.78 is 0. The number of nitrogens with zero attached hydrogens (tertiary/aromatic N) is 1. The van der Waals surface area contributed by atoms with Crippen LogP contribution < -0.4 is 0 Å². The Hall–Kier alpha value is -1.90. The summed E-state index contributed by atoms with van der Waals surface area (Å²) in [6.07, 6.45) is 3.32. The molecule has 0 N–H and O–H groups in total. The molecular formula is C16H21NO2. The lowest BCUT2D eigenvalue weighted by Crippen LogP contribution is -2.21. The van der Waals surface area contributed by atoms with Crippen molar-refractivity contribution in [3.8, 4) is 0 Å². The van der Waals surface area contributed by atoms with Crippen LogP contribution in [0.2, 0.25) is 0 Å². The minimum Gasteiger partial charge on any atom is -0.317 e. The molecule has 0 saturated carbocycles. The van der Waals surface area contributed by atoms with Crippen LogP contribution in [0.1, 0.15) is 39.2 Å². The highest BCUT2D eigenvalue weighted by Crippen LogP contribution is 2.16. The molecule has 0 amide bonds. The molecule has 0 heterocycles. The van der Waals surface area contributed by atoms with E-state index in [-0.39, 0.29) is 5.97 Å². The summed E-state index contributed by atoms with van der Waals surface area (Å²) in [6.45, 7) is 9.11. The van der Waals surface area contributed by atoms with E-state index in [0.29, 0.717) is 6.42 Å². The lowest BCUT2D eigenvalue weighted by molar-refractivity contribution is -0.152. The van der Waals surface area contributed by atoms with Crippen LogP contribution in [0.3, 0.4) is 0 Å². The fourth-order valence-corrected chi connectivity index (χ4v) is 1.35. The second-order valence-corrected chi connectivity index (χ2v) is 5.36. The molecule has 3 nitrogen and oxygen atoms in total. The lowest BCUT2D eigenvalue weighted by atomic mass is 9.98. The largest absolute Gasteiger partial charge is 0.340 e. The molecule has 0 fully saturated rings. The maximum absolute atomic E-state index is 11.7. The van der Waals surface area contributed by atoms with E-state index < -0.39 is 5.41 Å². The maximum atomic E-state index is 11.7. The van der Waals surface area contributed by atoms with Crippen LogP contribution in [0.15, 0.2) is 48.1 Å². The highest BCUT2D eigenvalue weighted by atomic mass is 16.7. The smallest absolute Gasteiger partial charge is 0.317 e. The number of hydrogen-bond donors (Lipinski definition) is 0. The Morgan fingerprint density at radius 2 is 1.95 bits per heavy atom. The zero-order chi connectivity index (χ0) is 14.3. The van der Waals surface area contributed by atoms with Crippen molar-refractivity contribution in [1.29, 1.82) is 0 Å². The first-order chi connectivity index (χ1) is 8.95. The molecule has 0 aliphatic heterocycles. The molecule has 102 valence electrons. The molecule has 0 unspecified atom stereocenters. The highest BCUT2D eigenvalue weighted by molar-refractivity contribution is 6.00. The third-order valence-electron chi connectivity index (χ3n) is 2.54. The van der Waals surface area contributed by atoms with E-state index in [1.807, 2.05) is 36.4 Å². The zero-order valence-corrected chi connectivity index (χ0v) is 11.8. The van der Waals surface area contributed by atoms with Crippen LogP contribution >= 0.6 is 0 Å². The van der Waals surface area contributed by atoms with Gasteiger partial charge in [-0.15, -0.1) is 6.58 Å². The molecule has 0 aromatic heterocycles. The summed E-state index contributed by atoms with van der Waals surface area (Å²) in [7, 11) is 0. The summed E-state index contributed by atoms with van der Waals surface area (Å²) in [5.74, 6) is -0.334. The summed E-state index contributed by atoms with van der Waals surface area (Å²) >= 11 is 0. The van der Waals surface area contributed by atoms with Gasteiger partial charge in [0.05, 0.1) is 11.1 Å². The van der Waals surface area contributed by atoms with Gasteiger partial charge in [0.15, 0.2) is 0 Å². The summed E-state index contributed by atoms with van der Waals surface area (Å²) in [4.78, 5) is 16.8. The van der Waals surface area contributed by atoms with Gasteiger partial charge in [0.25, 0.3) is 0 Å². The van der Waals surface area contributed by atoms with Gasteiger partial charge >= 0.3 is 5.97 Å². The number of allylic oxidation sites excluding steroid dienone is 1. The molecule has 19 heavy (non-hydrogen) atoms. The topological polar surface area (TPSA) is 38.7 Å². The van der Waals surface area contributed by atoms with Gasteiger partial charge in [-0.05, 0) is 39.2 Å². The van der Waals surface area contributed by atoms with Crippen molar-refractivity contribution in [1.82, 2.24) is 0 Å². The van der Waals surface area contributed by atoms with Gasteiger partial charge in [0.2, 0.25) is 0 Å². The van der Waals surface area contributed by atoms with E-state index in [2.05, 4.69) is 11.7 Å². The molecule has 0 aliphatic rings. The van der Waals surface area contributed by atoms with Crippen molar-refractivity contribution >= 4 is 11.7 Å². The fourth-order valence-electron chi connectivity index (χ4n) is 1.35. The van der Waals surface area contributed by atoms with Crippen LogP contribution in [0, 0.1) is 5.41 Å². The predicted molar refractivity (Wildman–Crippen MR) is 78.0 cm³/mol. The third-order valence-corrected chi connectivity index (χ3v) is 2.54. The molecule has 3 heteroatoms. The van der Waals surface area contributed by atoms with Crippen molar-refractivity contribution in [2.45, 2.75) is 33.6 Å². The Balaban J connectivity index is 2.86. The molecule has 0 atom stereocenters. The van der Waals surface area contributed by atoms with Crippen LogP contribution in [0.5, 0.6) is 0 Å². The molecule has 0 spiro atoms. The number of carbonyl (C=O) groups excluding carboxylic acids is 1. The molecular weight excluding hydrogens is 238 g/mol. The second-order valence-electron chi connectivity index (χ2n) is 5.36. The van der Waals surface area contributed by atoms with Crippen molar-refractivity contribution in [2.24, 2.45) is 10.6 Å². The van der Waals surface area contributed by atoms with Crippen molar-refractivity contribution in [2.75, 3.05) is 0 Å². The molecule has 1 rings (SSSR count). The summed E-state index contributed by atoms with van der Waals surface area (Å²) in [6, 6.07) is 9.71. The van der Waals surface area contributed by atoms with Gasteiger partial charge in [-0.1, -0.05) is 41.6 Å². The van der Waals surface area contributed by atoms with E-state index >= 15 is 0 Å². The van der Waals surface area contributed by atoms with Crippen molar-refractivity contribution < 1.29 is 9.63 Å². The SMILES string of the molecule is C=CCCC(=NOC(=O)C(C)(C)C)c1ccccc1. The maximum Gasteiger partial charge on any atom is 0.340 e. The number of rotatable bonds is 5. The number of benzene rings is 1. The molecule has 1 aromatic rings. The number of hydrogen-bond acceptors (Lipinski definition) is 3. The summed E-state index contributed by atoms with van der Waals surface area (Å²) in [5, 5.41) is 4.02. The average Bonchev–Trinajstić information content (AvgIpc) is 2.38. The predicted octanol–water partition coefficient (Wildman–Crippen LogP) is 3.95. The van der Waals surface area contributed by atoms with Gasteiger partial charge in [-0.2, -0.15) is 0 Å². The minimum atomic E-state index is -0.552. The third kappa shape index (κ3) is 5.08. The first kappa shape index (κ1) is 15.2. The Kier molecular flexibility index (Phi) is 5.49. The Bertz CT molecular complexity index is 455. The second kappa shape index (κ2) is 6.88.